The molecular weight excluding hydrogens is 552 g/mol. The van der Waals surface area contributed by atoms with E-state index in [1.807, 2.05) is 72.9 Å². The fourth-order valence-electron chi connectivity index (χ4n) is 6.32. The molecule has 0 radical (unpaired) electrons. The van der Waals surface area contributed by atoms with Crippen molar-refractivity contribution in [3.63, 3.8) is 0 Å². The Morgan fingerprint density at radius 3 is 2.22 bits per heavy atom. The van der Waals surface area contributed by atoms with E-state index in [1.165, 1.54) is 6.07 Å². The van der Waals surface area contributed by atoms with Gasteiger partial charge in [0.25, 0.3) is 0 Å². The normalized spacial score (nSPS) is 14.3. The van der Waals surface area contributed by atoms with E-state index in [2.05, 4.69) is 27.3 Å². The minimum Gasteiger partial charge on any atom is -0.456 e. The summed E-state index contributed by atoms with van der Waals surface area (Å²) in [6.45, 7) is -5.00. The van der Waals surface area contributed by atoms with Gasteiger partial charge in [0, 0.05) is 58.7 Å². The topological polar surface area (TPSA) is 64.7 Å². The second-order valence-electron chi connectivity index (χ2n) is 11.2. The lowest BCUT2D eigenvalue weighted by molar-refractivity contribution is 0.663. The number of rotatable bonds is 3. The highest BCUT2D eigenvalue weighted by atomic mass is 16.3. The van der Waals surface area contributed by atoms with Gasteiger partial charge in [0.2, 0.25) is 0 Å². The monoisotopic (exact) mass is 584 g/mol. The quantitative estimate of drug-likeness (QED) is 0.193. The molecule has 9 aromatic rings. The largest absolute Gasteiger partial charge is 0.456 e. The van der Waals surface area contributed by atoms with Crippen molar-refractivity contribution in [1.29, 1.82) is 0 Å². The first-order valence-electron chi connectivity index (χ1n) is 17.5. The van der Waals surface area contributed by atoms with Crippen molar-refractivity contribution >= 4 is 54.6 Å². The molecule has 0 saturated carbocycles. The van der Waals surface area contributed by atoms with Gasteiger partial charge in [0.05, 0.1) is 17.2 Å². The molecule has 0 bridgehead atoms. The van der Waals surface area contributed by atoms with E-state index in [0.29, 0.717) is 16.3 Å². The lowest BCUT2D eigenvalue weighted by Crippen LogP contribution is -1.91. The predicted octanol–water partition coefficient (Wildman–Crippen LogP) is 10.2. The Morgan fingerprint density at radius 2 is 1.29 bits per heavy atom. The summed E-state index contributed by atoms with van der Waals surface area (Å²) in [6, 6.07) is 32.5. The molecule has 0 saturated heterocycles. The molecule has 0 fully saturated rings. The maximum Gasteiger partial charge on any atom is 0.138 e. The fourth-order valence-corrected chi connectivity index (χ4v) is 6.32. The minimum atomic E-state index is -2.55. The Bertz CT molecular complexity index is 2850. The molecule has 4 heterocycles. The number of furan rings is 1. The summed E-state index contributed by atoms with van der Waals surface area (Å²) < 4.78 is 55.8. The first kappa shape index (κ1) is 20.1. The summed E-state index contributed by atoms with van der Waals surface area (Å²) in [5.41, 5.74) is 7.50. The summed E-state index contributed by atoms with van der Waals surface area (Å²) in [6.07, 6.45) is 5.25. The third-order valence-corrected chi connectivity index (χ3v) is 8.48. The van der Waals surface area contributed by atoms with E-state index in [9.17, 15) is 0 Å². The lowest BCUT2D eigenvalue weighted by atomic mass is 9.91. The van der Waals surface area contributed by atoms with Gasteiger partial charge in [0.1, 0.15) is 16.7 Å². The van der Waals surface area contributed by atoms with Gasteiger partial charge in [-0.3, -0.25) is 9.97 Å². The van der Waals surface area contributed by atoms with Crippen LogP contribution in [0.2, 0.25) is 0 Å². The average molecular weight is 585 g/mol. The van der Waals surface area contributed by atoms with Crippen molar-refractivity contribution in [3.8, 4) is 33.4 Å². The van der Waals surface area contributed by atoms with E-state index in [1.54, 1.807) is 30.6 Å². The third kappa shape index (κ3) is 4.09. The Hall–Kier alpha value is -5.94. The van der Waals surface area contributed by atoms with Crippen LogP contribution in [0.15, 0.2) is 126 Å². The van der Waals surface area contributed by atoms with Gasteiger partial charge >= 0.3 is 0 Å². The second-order valence-corrected chi connectivity index (χ2v) is 11.2. The number of hydrogen-bond acceptors (Lipinski definition) is 5. The van der Waals surface area contributed by atoms with Crippen LogP contribution < -0.4 is 0 Å². The molecular formula is C40H26N4O. The summed E-state index contributed by atoms with van der Waals surface area (Å²) in [5.74, 6) is 0. The highest BCUT2D eigenvalue weighted by Crippen LogP contribution is 2.40. The molecule has 0 unspecified atom stereocenters. The fraction of sp³-hybridized carbons (Fsp3) is 0.0500. The molecule has 9 rings (SSSR count). The highest BCUT2D eigenvalue weighted by Gasteiger charge is 2.16. The van der Waals surface area contributed by atoms with Crippen LogP contribution in [0.3, 0.4) is 0 Å². The van der Waals surface area contributed by atoms with E-state index in [-0.39, 0.29) is 22.3 Å². The predicted molar refractivity (Wildman–Crippen MR) is 183 cm³/mol. The lowest BCUT2D eigenvalue weighted by Gasteiger charge is -2.13. The summed E-state index contributed by atoms with van der Waals surface area (Å²) in [7, 11) is 0. The first-order chi connectivity index (χ1) is 24.5. The number of pyridine rings is 2. The van der Waals surface area contributed by atoms with Crippen LogP contribution in [0.4, 0.5) is 0 Å². The van der Waals surface area contributed by atoms with Crippen LogP contribution in [0, 0.1) is 13.7 Å². The van der Waals surface area contributed by atoms with Crippen LogP contribution in [0.5, 0.6) is 0 Å². The SMILES string of the molecule is [2H]C([2H])([2H])c1cccc2c1oc1c(C([2H])([2H])[2H])cc(-c3cc(-c4cnc5c(ccc6cccnc65)c4)cc(-c4cccc5ccnnc45)c3)cc12. The molecule has 0 spiro atoms. The Labute approximate surface area is 267 Å². The maximum atomic E-state index is 8.48. The molecule has 0 atom stereocenters. The van der Waals surface area contributed by atoms with Gasteiger partial charge in [-0.2, -0.15) is 5.10 Å². The Balaban J connectivity index is 1.32. The van der Waals surface area contributed by atoms with Crippen LogP contribution in [-0.2, 0) is 0 Å². The van der Waals surface area contributed by atoms with Gasteiger partial charge in [-0.15, -0.1) is 5.10 Å². The molecule has 5 nitrogen and oxygen atoms in total. The summed E-state index contributed by atoms with van der Waals surface area (Å²) in [4.78, 5) is 9.44. The molecule has 212 valence electrons. The number of hydrogen-bond donors (Lipinski definition) is 0. The molecule has 0 N–H and O–H groups in total. The van der Waals surface area contributed by atoms with Gasteiger partial charge < -0.3 is 4.42 Å². The van der Waals surface area contributed by atoms with E-state index >= 15 is 0 Å². The van der Waals surface area contributed by atoms with E-state index < -0.39 is 13.7 Å². The molecule has 0 aliphatic rings. The van der Waals surface area contributed by atoms with Gasteiger partial charge in [-0.25, -0.2) is 0 Å². The summed E-state index contributed by atoms with van der Waals surface area (Å²) in [5, 5.41) is 12.6. The number of para-hydroxylation sites is 1. The van der Waals surface area contributed by atoms with Crippen molar-refractivity contribution in [1.82, 2.24) is 20.2 Å². The number of aryl methyl sites for hydroxylation is 2. The smallest absolute Gasteiger partial charge is 0.138 e. The highest BCUT2D eigenvalue weighted by molar-refractivity contribution is 6.09. The van der Waals surface area contributed by atoms with Crippen molar-refractivity contribution in [2.75, 3.05) is 0 Å². The van der Waals surface area contributed by atoms with Crippen molar-refractivity contribution in [2.45, 2.75) is 13.7 Å². The van der Waals surface area contributed by atoms with Crippen LogP contribution >= 0.6 is 0 Å². The molecule has 0 amide bonds. The number of aromatic nitrogens is 4. The van der Waals surface area contributed by atoms with Crippen LogP contribution in [0.25, 0.3) is 88.0 Å². The Morgan fingerprint density at radius 1 is 0.533 bits per heavy atom. The van der Waals surface area contributed by atoms with E-state index in [0.717, 1.165) is 60.5 Å². The van der Waals surface area contributed by atoms with Gasteiger partial charge in [-0.05, 0) is 95.6 Å². The third-order valence-electron chi connectivity index (χ3n) is 8.48. The second kappa shape index (κ2) is 9.79. The van der Waals surface area contributed by atoms with Crippen molar-refractivity contribution < 1.29 is 12.6 Å². The number of fused-ring (bicyclic) bond motifs is 7. The Kier molecular flexibility index (Phi) is 4.37. The zero-order chi connectivity index (χ0) is 35.1. The molecule has 45 heavy (non-hydrogen) atoms. The standard InChI is InChI=1S/C40H26N4O/c1-23-6-3-10-34-35-21-28(16-24(2)40(35)45-39(23)34)29-18-30(20-31(19-29)33-9-4-7-26-13-15-43-44-36(26)33)32-17-27-12-11-25-8-5-14-41-37(25)38(27)42-22-32/h3-22H,1-2H3/i1D3,2D3. The zero-order valence-electron chi connectivity index (χ0n) is 29.7. The summed E-state index contributed by atoms with van der Waals surface area (Å²) >= 11 is 0. The van der Waals surface area contributed by atoms with Gasteiger partial charge in [-0.1, -0.05) is 54.6 Å². The van der Waals surface area contributed by atoms with Crippen LogP contribution in [-0.4, -0.2) is 20.2 Å². The van der Waals surface area contributed by atoms with Crippen molar-refractivity contribution in [2.24, 2.45) is 0 Å². The number of benzene rings is 5. The molecule has 0 aliphatic carbocycles. The van der Waals surface area contributed by atoms with Gasteiger partial charge in [0.15, 0.2) is 0 Å². The molecule has 0 aliphatic heterocycles. The number of nitrogens with zero attached hydrogens (tertiary/aromatic N) is 4. The molecule has 5 heteroatoms. The zero-order valence-corrected chi connectivity index (χ0v) is 23.7. The van der Waals surface area contributed by atoms with Crippen LogP contribution in [0.1, 0.15) is 19.4 Å². The first-order valence-corrected chi connectivity index (χ1v) is 14.5. The van der Waals surface area contributed by atoms with Crippen molar-refractivity contribution in [3.05, 3.63) is 133 Å². The maximum absolute atomic E-state index is 8.48. The molecule has 5 aromatic carbocycles. The average Bonchev–Trinajstić information content (AvgIpc) is 3.51. The molecule has 4 aromatic heterocycles. The van der Waals surface area contributed by atoms with E-state index in [4.69, 9.17) is 17.6 Å². The minimum absolute atomic E-state index is 0.00239.